The van der Waals surface area contributed by atoms with Gasteiger partial charge in [-0.2, -0.15) is 0 Å². The summed E-state index contributed by atoms with van der Waals surface area (Å²) in [5, 5.41) is 12.2. The van der Waals surface area contributed by atoms with Crippen molar-refractivity contribution in [3.05, 3.63) is 35.9 Å². The topological polar surface area (TPSA) is 66.4 Å². The lowest BCUT2D eigenvalue weighted by Crippen LogP contribution is -2.35. The molecule has 1 fully saturated rings. The molecule has 0 radical (unpaired) electrons. The smallest absolute Gasteiger partial charge is 0.312 e. The minimum atomic E-state index is -0.901. The van der Waals surface area contributed by atoms with Crippen molar-refractivity contribution < 1.29 is 14.7 Å². The zero-order valence-corrected chi connectivity index (χ0v) is 12.3. The van der Waals surface area contributed by atoms with Gasteiger partial charge in [0.15, 0.2) is 0 Å². The second-order valence-corrected chi connectivity index (χ2v) is 5.74. The summed E-state index contributed by atoms with van der Waals surface area (Å²) < 4.78 is 0. The van der Waals surface area contributed by atoms with Crippen molar-refractivity contribution in [3.63, 3.8) is 0 Å². The normalized spacial score (nSPS) is 17.7. The summed E-state index contributed by atoms with van der Waals surface area (Å²) in [4.78, 5) is 23.6. The first-order valence-electron chi connectivity index (χ1n) is 7.74. The molecule has 1 aromatic carbocycles. The van der Waals surface area contributed by atoms with E-state index in [1.165, 1.54) is 12.8 Å². The van der Waals surface area contributed by atoms with Crippen LogP contribution in [-0.2, 0) is 9.59 Å². The second-order valence-electron chi connectivity index (χ2n) is 5.74. The maximum atomic E-state index is 12.2. The fourth-order valence-corrected chi connectivity index (χ4v) is 2.92. The van der Waals surface area contributed by atoms with Crippen LogP contribution in [0.3, 0.4) is 0 Å². The summed E-state index contributed by atoms with van der Waals surface area (Å²) in [7, 11) is 0. The molecule has 2 N–H and O–H groups in total. The largest absolute Gasteiger partial charge is 0.481 e. The Morgan fingerprint density at radius 3 is 2.29 bits per heavy atom. The van der Waals surface area contributed by atoms with Gasteiger partial charge in [-0.05, 0) is 18.4 Å². The van der Waals surface area contributed by atoms with Crippen molar-refractivity contribution in [2.24, 2.45) is 5.92 Å². The van der Waals surface area contributed by atoms with Gasteiger partial charge >= 0.3 is 5.97 Å². The lowest BCUT2D eigenvalue weighted by atomic mass is 9.97. The van der Waals surface area contributed by atoms with Gasteiger partial charge in [-0.3, -0.25) is 9.59 Å². The van der Waals surface area contributed by atoms with E-state index < -0.39 is 11.9 Å². The van der Waals surface area contributed by atoms with E-state index in [9.17, 15) is 14.7 Å². The summed E-state index contributed by atoms with van der Waals surface area (Å²) in [5.74, 6) is -1.51. The van der Waals surface area contributed by atoms with Crippen LogP contribution in [0, 0.1) is 5.92 Å². The quantitative estimate of drug-likeness (QED) is 0.819. The van der Waals surface area contributed by atoms with E-state index in [-0.39, 0.29) is 18.4 Å². The zero-order chi connectivity index (χ0) is 15.1. The van der Waals surface area contributed by atoms with Gasteiger partial charge in [0.05, 0.1) is 5.92 Å². The third-order valence-corrected chi connectivity index (χ3v) is 4.21. The summed E-state index contributed by atoms with van der Waals surface area (Å²) in [6, 6.07) is 9.07. The minimum Gasteiger partial charge on any atom is -0.481 e. The Balaban J connectivity index is 1.92. The van der Waals surface area contributed by atoms with Gasteiger partial charge in [0.25, 0.3) is 0 Å². The van der Waals surface area contributed by atoms with Crippen molar-refractivity contribution in [2.45, 2.75) is 44.4 Å². The van der Waals surface area contributed by atoms with E-state index in [4.69, 9.17) is 0 Å². The first-order valence-corrected chi connectivity index (χ1v) is 7.74. The van der Waals surface area contributed by atoms with E-state index in [0.29, 0.717) is 0 Å². The molecule has 0 saturated heterocycles. The Morgan fingerprint density at radius 2 is 1.71 bits per heavy atom. The molecule has 1 aliphatic carbocycles. The Kier molecular flexibility index (Phi) is 5.78. The molecule has 2 rings (SSSR count). The summed E-state index contributed by atoms with van der Waals surface area (Å²) in [5.41, 5.74) is 0.728. The van der Waals surface area contributed by atoms with Gasteiger partial charge in [-0.15, -0.1) is 0 Å². The fourth-order valence-electron chi connectivity index (χ4n) is 2.92. The van der Waals surface area contributed by atoms with Crippen molar-refractivity contribution in [1.29, 1.82) is 0 Å². The highest BCUT2D eigenvalue weighted by Crippen LogP contribution is 2.23. The molecule has 0 spiro atoms. The lowest BCUT2D eigenvalue weighted by molar-refractivity contribution is -0.138. The average molecular weight is 289 g/mol. The fraction of sp³-hybridized carbons (Fsp3) is 0.529. The number of carbonyl (C=O) groups is 2. The third-order valence-electron chi connectivity index (χ3n) is 4.21. The molecule has 4 nitrogen and oxygen atoms in total. The van der Waals surface area contributed by atoms with Crippen LogP contribution in [0.15, 0.2) is 30.3 Å². The van der Waals surface area contributed by atoms with E-state index in [1.807, 2.05) is 18.2 Å². The monoisotopic (exact) mass is 289 g/mol. The number of hydrogen-bond acceptors (Lipinski definition) is 2. The highest BCUT2D eigenvalue weighted by molar-refractivity contribution is 5.81. The number of benzene rings is 1. The first-order chi connectivity index (χ1) is 10.2. The maximum absolute atomic E-state index is 12.2. The van der Waals surface area contributed by atoms with Crippen molar-refractivity contribution in [3.8, 4) is 0 Å². The number of amides is 1. The summed E-state index contributed by atoms with van der Waals surface area (Å²) >= 11 is 0. The molecule has 1 amide bonds. The molecule has 21 heavy (non-hydrogen) atoms. The molecule has 0 heterocycles. The molecule has 1 unspecified atom stereocenters. The SMILES string of the molecule is O=C(NCC(C(=O)O)c1ccccc1)C1CCCCCC1. The summed E-state index contributed by atoms with van der Waals surface area (Å²) in [6.07, 6.45) is 6.44. The number of carboxylic acid groups (broad SMARTS) is 1. The van der Waals surface area contributed by atoms with Crippen LogP contribution < -0.4 is 5.32 Å². The molecule has 0 bridgehead atoms. The Labute approximate surface area is 125 Å². The zero-order valence-electron chi connectivity index (χ0n) is 12.3. The maximum Gasteiger partial charge on any atom is 0.312 e. The van der Waals surface area contributed by atoms with Gasteiger partial charge in [-0.1, -0.05) is 56.0 Å². The molecule has 114 valence electrons. The summed E-state index contributed by atoms with van der Waals surface area (Å²) in [6.45, 7) is 0.161. The third kappa shape index (κ3) is 4.59. The lowest BCUT2D eigenvalue weighted by Gasteiger charge is -2.17. The number of carboxylic acids is 1. The standard InChI is InChI=1S/C17H23NO3/c19-16(14-10-4-1-2-5-11-14)18-12-15(17(20)21)13-8-6-3-7-9-13/h3,6-9,14-15H,1-2,4-5,10-12H2,(H,18,19)(H,20,21). The molecule has 1 atom stereocenters. The molecule has 0 aromatic heterocycles. The molecule has 1 saturated carbocycles. The van der Waals surface area contributed by atoms with E-state index in [2.05, 4.69) is 5.32 Å². The minimum absolute atomic E-state index is 0.0130. The predicted octanol–water partition coefficient (Wildman–Crippen LogP) is 2.94. The van der Waals surface area contributed by atoms with E-state index in [1.54, 1.807) is 12.1 Å². The Morgan fingerprint density at radius 1 is 1.10 bits per heavy atom. The Hall–Kier alpha value is -1.84. The van der Waals surface area contributed by atoms with Crippen LogP contribution in [-0.4, -0.2) is 23.5 Å². The molecule has 1 aliphatic rings. The van der Waals surface area contributed by atoms with Gasteiger partial charge in [-0.25, -0.2) is 0 Å². The molecular formula is C17H23NO3. The van der Waals surface area contributed by atoms with Gasteiger partial charge < -0.3 is 10.4 Å². The van der Waals surface area contributed by atoms with Crippen LogP contribution in [0.2, 0.25) is 0 Å². The van der Waals surface area contributed by atoms with Gasteiger partial charge in [0.1, 0.15) is 0 Å². The average Bonchev–Trinajstić information content (AvgIpc) is 2.77. The van der Waals surface area contributed by atoms with Crippen LogP contribution in [0.1, 0.15) is 50.0 Å². The highest BCUT2D eigenvalue weighted by atomic mass is 16.4. The van der Waals surface area contributed by atoms with E-state index in [0.717, 1.165) is 31.2 Å². The molecule has 4 heteroatoms. The van der Waals surface area contributed by atoms with Crippen LogP contribution in [0.25, 0.3) is 0 Å². The number of carbonyl (C=O) groups excluding carboxylic acids is 1. The van der Waals surface area contributed by atoms with Crippen LogP contribution >= 0.6 is 0 Å². The van der Waals surface area contributed by atoms with Gasteiger partial charge in [0, 0.05) is 12.5 Å². The first kappa shape index (κ1) is 15.5. The second kappa shape index (κ2) is 7.81. The van der Waals surface area contributed by atoms with Crippen molar-refractivity contribution in [2.75, 3.05) is 6.54 Å². The predicted molar refractivity (Wildman–Crippen MR) is 81.0 cm³/mol. The number of aliphatic carboxylic acids is 1. The number of nitrogens with one attached hydrogen (secondary N) is 1. The van der Waals surface area contributed by atoms with Crippen molar-refractivity contribution in [1.82, 2.24) is 5.32 Å². The molecular weight excluding hydrogens is 266 g/mol. The van der Waals surface area contributed by atoms with Gasteiger partial charge in [0.2, 0.25) is 5.91 Å². The molecule has 0 aliphatic heterocycles. The van der Waals surface area contributed by atoms with Crippen LogP contribution in [0.4, 0.5) is 0 Å². The van der Waals surface area contributed by atoms with Crippen LogP contribution in [0.5, 0.6) is 0 Å². The molecule has 1 aromatic rings. The number of rotatable bonds is 5. The van der Waals surface area contributed by atoms with Crippen molar-refractivity contribution >= 4 is 11.9 Å². The van der Waals surface area contributed by atoms with E-state index >= 15 is 0 Å². The highest BCUT2D eigenvalue weighted by Gasteiger charge is 2.24. The number of hydrogen-bond donors (Lipinski definition) is 2. The Bertz CT molecular complexity index is 464.